The molecule has 108 valence electrons. The molecule has 1 aromatic rings. The summed E-state index contributed by atoms with van der Waals surface area (Å²) in [6, 6.07) is 0.474. The van der Waals surface area contributed by atoms with Crippen LogP contribution in [0.25, 0.3) is 0 Å². The van der Waals surface area contributed by atoms with Crippen LogP contribution in [0.15, 0.2) is 4.42 Å². The van der Waals surface area contributed by atoms with E-state index in [4.69, 9.17) is 13.9 Å². The van der Waals surface area contributed by atoms with E-state index < -0.39 is 0 Å². The molecule has 0 aliphatic carbocycles. The van der Waals surface area contributed by atoms with Crippen LogP contribution in [0.4, 0.5) is 6.01 Å². The van der Waals surface area contributed by atoms with Crippen LogP contribution in [-0.2, 0) is 9.47 Å². The van der Waals surface area contributed by atoms with E-state index in [0.717, 1.165) is 19.6 Å². The summed E-state index contributed by atoms with van der Waals surface area (Å²) < 4.78 is 16.5. The second-order valence-electron chi connectivity index (χ2n) is 4.77. The fraction of sp³-hybridized carbons (Fsp3) is 0.833. The molecule has 0 saturated carbocycles. The molecule has 7 heteroatoms. The van der Waals surface area contributed by atoms with Crippen molar-refractivity contribution >= 4 is 6.01 Å². The van der Waals surface area contributed by atoms with Crippen LogP contribution in [-0.4, -0.2) is 49.2 Å². The van der Waals surface area contributed by atoms with E-state index in [1.54, 1.807) is 7.11 Å². The van der Waals surface area contributed by atoms with Gasteiger partial charge in [0.2, 0.25) is 5.89 Å². The maximum absolute atomic E-state index is 5.56. The summed E-state index contributed by atoms with van der Waals surface area (Å²) >= 11 is 0. The number of nitrogens with one attached hydrogen (secondary N) is 2. The predicted molar refractivity (Wildman–Crippen MR) is 70.1 cm³/mol. The molecular formula is C12H22N4O3. The standard InChI is InChI=1S/C12H22N4O3/c1-4-13-9(2)10-15-16-11(19-10)14-7-12(17-3)5-6-18-8-12/h9,13H,4-8H2,1-3H3,(H,14,16). The summed E-state index contributed by atoms with van der Waals surface area (Å²) in [6.45, 7) is 6.79. The molecule has 1 aliphatic heterocycles. The smallest absolute Gasteiger partial charge is 0.315 e. The number of methoxy groups -OCH3 is 1. The van der Waals surface area contributed by atoms with Gasteiger partial charge in [-0.3, -0.25) is 0 Å². The van der Waals surface area contributed by atoms with Crippen LogP contribution < -0.4 is 10.6 Å². The average Bonchev–Trinajstić information content (AvgIpc) is 3.07. The Hall–Kier alpha value is -1.18. The molecule has 0 amide bonds. The number of hydrogen-bond acceptors (Lipinski definition) is 7. The summed E-state index contributed by atoms with van der Waals surface area (Å²) in [4.78, 5) is 0. The number of anilines is 1. The Bertz CT molecular complexity index is 390. The van der Waals surface area contributed by atoms with Crippen LogP contribution >= 0.6 is 0 Å². The second-order valence-corrected chi connectivity index (χ2v) is 4.77. The first-order valence-electron chi connectivity index (χ1n) is 6.62. The molecule has 1 fully saturated rings. The normalized spacial score (nSPS) is 24.6. The molecule has 2 rings (SSSR count). The lowest BCUT2D eigenvalue weighted by Gasteiger charge is -2.25. The Balaban J connectivity index is 1.89. The first-order chi connectivity index (χ1) is 9.19. The quantitative estimate of drug-likeness (QED) is 0.763. The Kier molecular flexibility index (Phi) is 4.73. The van der Waals surface area contributed by atoms with Crippen molar-refractivity contribution in [3.63, 3.8) is 0 Å². The molecule has 2 N–H and O–H groups in total. The lowest BCUT2D eigenvalue weighted by molar-refractivity contribution is -0.00654. The van der Waals surface area contributed by atoms with Gasteiger partial charge in [0.25, 0.3) is 0 Å². The first kappa shape index (κ1) is 14.2. The van der Waals surface area contributed by atoms with Crippen LogP contribution in [0.1, 0.15) is 32.2 Å². The molecule has 1 aliphatic rings. The zero-order valence-corrected chi connectivity index (χ0v) is 11.7. The van der Waals surface area contributed by atoms with Crippen molar-refractivity contribution in [2.24, 2.45) is 0 Å². The third-order valence-corrected chi connectivity index (χ3v) is 3.38. The van der Waals surface area contributed by atoms with E-state index in [1.165, 1.54) is 0 Å². The van der Waals surface area contributed by atoms with Gasteiger partial charge in [0.15, 0.2) is 0 Å². The van der Waals surface area contributed by atoms with Crippen LogP contribution in [0.2, 0.25) is 0 Å². The lowest BCUT2D eigenvalue weighted by Crippen LogP contribution is -2.39. The van der Waals surface area contributed by atoms with Crippen LogP contribution in [0.5, 0.6) is 0 Å². The van der Waals surface area contributed by atoms with Gasteiger partial charge in [-0.2, -0.15) is 0 Å². The maximum atomic E-state index is 5.56. The van der Waals surface area contributed by atoms with Gasteiger partial charge in [-0.1, -0.05) is 12.0 Å². The zero-order chi connectivity index (χ0) is 13.7. The lowest BCUT2D eigenvalue weighted by atomic mass is 10.0. The van der Waals surface area contributed by atoms with Crippen molar-refractivity contribution in [3.8, 4) is 0 Å². The minimum atomic E-state index is -0.290. The molecule has 2 heterocycles. The van der Waals surface area contributed by atoms with Gasteiger partial charge in [-0.05, 0) is 13.5 Å². The van der Waals surface area contributed by atoms with Gasteiger partial charge in [0, 0.05) is 20.1 Å². The third-order valence-electron chi connectivity index (χ3n) is 3.38. The van der Waals surface area contributed by atoms with Gasteiger partial charge in [0.05, 0.1) is 19.2 Å². The summed E-state index contributed by atoms with van der Waals surface area (Å²) in [5.41, 5.74) is -0.290. The topological polar surface area (TPSA) is 81.4 Å². The largest absolute Gasteiger partial charge is 0.406 e. The average molecular weight is 270 g/mol. The molecule has 2 atom stereocenters. The highest BCUT2D eigenvalue weighted by atomic mass is 16.5. The van der Waals surface area contributed by atoms with Crippen molar-refractivity contribution < 1.29 is 13.9 Å². The SMILES string of the molecule is CCNC(C)c1nnc(NCC2(OC)CCOC2)o1. The van der Waals surface area contributed by atoms with Crippen molar-refractivity contribution in [3.05, 3.63) is 5.89 Å². The molecule has 19 heavy (non-hydrogen) atoms. The Morgan fingerprint density at radius 1 is 1.47 bits per heavy atom. The summed E-state index contributed by atoms with van der Waals surface area (Å²) in [5, 5.41) is 14.3. The first-order valence-corrected chi connectivity index (χ1v) is 6.62. The van der Waals surface area contributed by atoms with E-state index in [9.17, 15) is 0 Å². The minimum Gasteiger partial charge on any atom is -0.406 e. The Morgan fingerprint density at radius 3 is 2.95 bits per heavy atom. The van der Waals surface area contributed by atoms with E-state index in [0.29, 0.717) is 25.1 Å². The fourth-order valence-corrected chi connectivity index (χ4v) is 2.07. The van der Waals surface area contributed by atoms with Gasteiger partial charge >= 0.3 is 6.01 Å². The number of ether oxygens (including phenoxy) is 2. The fourth-order valence-electron chi connectivity index (χ4n) is 2.07. The number of hydrogen-bond donors (Lipinski definition) is 2. The number of aromatic nitrogens is 2. The molecule has 0 radical (unpaired) electrons. The Morgan fingerprint density at radius 2 is 2.32 bits per heavy atom. The Labute approximate surface area is 113 Å². The molecule has 1 aromatic heterocycles. The highest BCUT2D eigenvalue weighted by molar-refractivity contribution is 5.19. The van der Waals surface area contributed by atoms with Gasteiger partial charge in [0.1, 0.15) is 5.60 Å². The van der Waals surface area contributed by atoms with Crippen LogP contribution in [0.3, 0.4) is 0 Å². The highest BCUT2D eigenvalue weighted by Gasteiger charge is 2.35. The number of nitrogens with zero attached hydrogens (tertiary/aromatic N) is 2. The van der Waals surface area contributed by atoms with E-state index in [2.05, 4.69) is 20.8 Å². The maximum Gasteiger partial charge on any atom is 0.315 e. The molecule has 0 bridgehead atoms. The molecule has 0 spiro atoms. The molecular weight excluding hydrogens is 248 g/mol. The molecule has 0 aromatic carbocycles. The van der Waals surface area contributed by atoms with E-state index in [-0.39, 0.29) is 11.6 Å². The summed E-state index contributed by atoms with van der Waals surface area (Å²) in [7, 11) is 1.70. The monoisotopic (exact) mass is 270 g/mol. The molecule has 7 nitrogen and oxygen atoms in total. The van der Waals surface area contributed by atoms with Crippen molar-refractivity contribution in [1.29, 1.82) is 0 Å². The zero-order valence-electron chi connectivity index (χ0n) is 11.7. The molecule has 2 unspecified atom stereocenters. The van der Waals surface area contributed by atoms with Crippen molar-refractivity contribution in [1.82, 2.24) is 15.5 Å². The second kappa shape index (κ2) is 6.31. The molecule has 1 saturated heterocycles. The van der Waals surface area contributed by atoms with Crippen LogP contribution in [0, 0.1) is 0 Å². The number of rotatable bonds is 7. The van der Waals surface area contributed by atoms with Crippen molar-refractivity contribution in [2.45, 2.75) is 31.9 Å². The van der Waals surface area contributed by atoms with Gasteiger partial charge in [-0.25, -0.2) is 0 Å². The van der Waals surface area contributed by atoms with Gasteiger partial charge < -0.3 is 24.5 Å². The van der Waals surface area contributed by atoms with Gasteiger partial charge in [-0.15, -0.1) is 5.10 Å². The van der Waals surface area contributed by atoms with E-state index in [1.807, 2.05) is 13.8 Å². The summed E-state index contributed by atoms with van der Waals surface area (Å²) in [6.07, 6.45) is 0.866. The highest BCUT2D eigenvalue weighted by Crippen LogP contribution is 2.23. The predicted octanol–water partition coefficient (Wildman–Crippen LogP) is 0.957. The van der Waals surface area contributed by atoms with Crippen molar-refractivity contribution in [2.75, 3.05) is 38.7 Å². The minimum absolute atomic E-state index is 0.0549. The third kappa shape index (κ3) is 3.43. The van der Waals surface area contributed by atoms with E-state index >= 15 is 0 Å². The summed E-state index contributed by atoms with van der Waals surface area (Å²) in [5.74, 6) is 0.582.